The van der Waals surface area contributed by atoms with Crippen molar-refractivity contribution in [2.75, 3.05) is 11.9 Å². The molecule has 1 heterocycles. The van der Waals surface area contributed by atoms with Crippen LogP contribution in [0.25, 0.3) is 0 Å². The number of rotatable bonds is 3. The van der Waals surface area contributed by atoms with Gasteiger partial charge in [0.2, 0.25) is 0 Å². The van der Waals surface area contributed by atoms with Gasteiger partial charge in [0.1, 0.15) is 0 Å². The lowest BCUT2D eigenvalue weighted by molar-refractivity contribution is 0.686. The lowest BCUT2D eigenvalue weighted by atomic mass is 10.1. The number of aromatic nitrogens is 1. The van der Waals surface area contributed by atoms with Crippen molar-refractivity contribution in [2.24, 2.45) is 5.92 Å². The number of nitrogens with zero attached hydrogens (tertiary/aromatic N) is 1. The zero-order valence-corrected chi connectivity index (χ0v) is 9.95. The number of hydrogen-bond donors (Lipinski definition) is 1. The van der Waals surface area contributed by atoms with E-state index in [9.17, 15) is 0 Å². The van der Waals surface area contributed by atoms with Crippen molar-refractivity contribution in [2.45, 2.75) is 39.5 Å². The first-order chi connectivity index (χ1) is 6.66. The Hall–Kier alpha value is -0.570. The number of aryl methyl sites for hydroxylation is 1. The molecule has 1 atom stereocenters. The smallest absolute Gasteiger partial charge is 0.183 e. The lowest BCUT2D eigenvalue weighted by Gasteiger charge is -2.05. The van der Waals surface area contributed by atoms with E-state index in [1.807, 2.05) is 11.3 Å². The van der Waals surface area contributed by atoms with Gasteiger partial charge in [-0.1, -0.05) is 20.8 Å². The van der Waals surface area contributed by atoms with Gasteiger partial charge in [0.15, 0.2) is 5.13 Å². The second-order valence-corrected chi connectivity index (χ2v) is 5.63. The fourth-order valence-corrected chi connectivity index (χ4v) is 2.88. The van der Waals surface area contributed by atoms with Crippen molar-refractivity contribution < 1.29 is 0 Å². The summed E-state index contributed by atoms with van der Waals surface area (Å²) < 4.78 is 0. The van der Waals surface area contributed by atoms with Crippen molar-refractivity contribution in [1.82, 2.24) is 4.98 Å². The van der Waals surface area contributed by atoms with E-state index in [2.05, 4.69) is 31.1 Å². The van der Waals surface area contributed by atoms with E-state index >= 15 is 0 Å². The quantitative estimate of drug-likeness (QED) is 0.828. The minimum Gasteiger partial charge on any atom is -0.361 e. The van der Waals surface area contributed by atoms with E-state index in [0.717, 1.165) is 11.7 Å². The van der Waals surface area contributed by atoms with Crippen molar-refractivity contribution in [3.63, 3.8) is 0 Å². The standard InChI is InChI=1S/C11H18N2S/c1-7(2)6-12-11-13-10-8(3)4-5-9(10)14-11/h7-8H,4-6H2,1-3H3,(H,12,13). The SMILES string of the molecule is CC(C)CNc1nc2c(s1)CCC2C. The molecule has 2 nitrogen and oxygen atoms in total. The summed E-state index contributed by atoms with van der Waals surface area (Å²) in [6, 6.07) is 0. The zero-order valence-electron chi connectivity index (χ0n) is 9.13. The summed E-state index contributed by atoms with van der Waals surface area (Å²) in [7, 11) is 0. The van der Waals surface area contributed by atoms with Crippen molar-refractivity contribution in [1.29, 1.82) is 0 Å². The third-order valence-corrected chi connectivity index (χ3v) is 3.75. The van der Waals surface area contributed by atoms with E-state index in [4.69, 9.17) is 0 Å². The van der Waals surface area contributed by atoms with Gasteiger partial charge in [-0.3, -0.25) is 0 Å². The molecule has 0 radical (unpaired) electrons. The molecular weight excluding hydrogens is 192 g/mol. The Morgan fingerprint density at radius 1 is 1.57 bits per heavy atom. The average Bonchev–Trinajstić information content (AvgIpc) is 2.65. The van der Waals surface area contributed by atoms with Crippen LogP contribution in [0.2, 0.25) is 0 Å². The molecule has 1 aliphatic carbocycles. The molecule has 1 aromatic heterocycles. The fourth-order valence-electron chi connectivity index (χ4n) is 1.78. The van der Waals surface area contributed by atoms with Crippen LogP contribution in [0.1, 0.15) is 43.7 Å². The van der Waals surface area contributed by atoms with E-state index in [1.54, 1.807) is 0 Å². The van der Waals surface area contributed by atoms with Crippen LogP contribution in [0.15, 0.2) is 0 Å². The van der Waals surface area contributed by atoms with E-state index in [1.165, 1.54) is 23.4 Å². The Kier molecular flexibility index (Phi) is 2.77. The normalized spacial score (nSPS) is 20.1. The fraction of sp³-hybridized carbons (Fsp3) is 0.727. The first kappa shape index (κ1) is 9.97. The number of fused-ring (bicyclic) bond motifs is 1. The molecule has 78 valence electrons. The van der Waals surface area contributed by atoms with Gasteiger partial charge >= 0.3 is 0 Å². The molecule has 2 rings (SSSR count). The maximum Gasteiger partial charge on any atom is 0.183 e. The molecule has 14 heavy (non-hydrogen) atoms. The predicted octanol–water partition coefficient (Wildman–Crippen LogP) is 3.26. The Labute approximate surface area is 89.8 Å². The molecule has 0 saturated heterocycles. The Morgan fingerprint density at radius 2 is 2.36 bits per heavy atom. The van der Waals surface area contributed by atoms with Crippen LogP contribution >= 0.6 is 11.3 Å². The summed E-state index contributed by atoms with van der Waals surface area (Å²) in [5.41, 5.74) is 1.35. The third kappa shape index (κ3) is 1.92. The maximum atomic E-state index is 4.65. The molecule has 3 heteroatoms. The molecule has 0 fully saturated rings. The number of nitrogens with one attached hydrogen (secondary N) is 1. The number of hydrogen-bond acceptors (Lipinski definition) is 3. The minimum absolute atomic E-state index is 0.677. The lowest BCUT2D eigenvalue weighted by Crippen LogP contribution is -2.07. The summed E-state index contributed by atoms with van der Waals surface area (Å²) in [5, 5.41) is 4.52. The van der Waals surface area contributed by atoms with Crippen LogP contribution in [0.5, 0.6) is 0 Å². The van der Waals surface area contributed by atoms with Crippen molar-refractivity contribution in [3.8, 4) is 0 Å². The molecule has 0 bridgehead atoms. The monoisotopic (exact) mass is 210 g/mol. The van der Waals surface area contributed by atoms with Gasteiger partial charge in [0, 0.05) is 11.4 Å². The van der Waals surface area contributed by atoms with Gasteiger partial charge in [0.25, 0.3) is 0 Å². The molecular formula is C11H18N2S. The predicted molar refractivity (Wildman–Crippen MR) is 62.2 cm³/mol. The Bertz CT molecular complexity index is 317. The molecule has 0 aromatic carbocycles. The molecule has 1 aromatic rings. The van der Waals surface area contributed by atoms with Gasteiger partial charge in [0.05, 0.1) is 5.69 Å². The summed E-state index contributed by atoms with van der Waals surface area (Å²) in [6.07, 6.45) is 2.52. The molecule has 1 N–H and O–H groups in total. The maximum absolute atomic E-state index is 4.65. The van der Waals surface area contributed by atoms with E-state index in [-0.39, 0.29) is 0 Å². The highest BCUT2D eigenvalue weighted by Gasteiger charge is 2.23. The van der Waals surface area contributed by atoms with Gasteiger partial charge < -0.3 is 5.32 Å². The van der Waals surface area contributed by atoms with Crippen LogP contribution in [-0.4, -0.2) is 11.5 Å². The summed E-state index contributed by atoms with van der Waals surface area (Å²) in [4.78, 5) is 6.15. The van der Waals surface area contributed by atoms with Crippen LogP contribution < -0.4 is 5.32 Å². The highest BCUT2D eigenvalue weighted by atomic mass is 32.1. The molecule has 1 aliphatic rings. The molecule has 0 amide bonds. The van der Waals surface area contributed by atoms with Gasteiger partial charge in [-0.25, -0.2) is 4.98 Å². The first-order valence-corrected chi connectivity index (χ1v) is 6.22. The van der Waals surface area contributed by atoms with Gasteiger partial charge in [-0.15, -0.1) is 11.3 Å². The second kappa shape index (κ2) is 3.89. The van der Waals surface area contributed by atoms with Crippen molar-refractivity contribution in [3.05, 3.63) is 10.6 Å². The van der Waals surface area contributed by atoms with Crippen molar-refractivity contribution >= 4 is 16.5 Å². The Morgan fingerprint density at radius 3 is 3.00 bits per heavy atom. The molecule has 1 unspecified atom stereocenters. The summed E-state index contributed by atoms with van der Waals surface area (Å²) in [6.45, 7) is 7.74. The Balaban J connectivity index is 2.04. The highest BCUT2D eigenvalue weighted by molar-refractivity contribution is 7.15. The van der Waals surface area contributed by atoms with Crippen LogP contribution in [0, 0.1) is 5.92 Å². The topological polar surface area (TPSA) is 24.9 Å². The first-order valence-electron chi connectivity index (χ1n) is 5.40. The highest BCUT2D eigenvalue weighted by Crippen LogP contribution is 2.37. The van der Waals surface area contributed by atoms with Gasteiger partial charge in [-0.05, 0) is 24.7 Å². The number of anilines is 1. The van der Waals surface area contributed by atoms with Gasteiger partial charge in [-0.2, -0.15) is 0 Å². The third-order valence-electron chi connectivity index (χ3n) is 2.66. The molecule has 0 spiro atoms. The zero-order chi connectivity index (χ0) is 10.1. The van der Waals surface area contributed by atoms with E-state index < -0.39 is 0 Å². The molecule has 0 saturated carbocycles. The number of thiazole rings is 1. The largest absolute Gasteiger partial charge is 0.361 e. The van der Waals surface area contributed by atoms with Crippen LogP contribution in [0.3, 0.4) is 0 Å². The van der Waals surface area contributed by atoms with E-state index in [0.29, 0.717) is 11.8 Å². The summed E-state index contributed by atoms with van der Waals surface area (Å²) in [5.74, 6) is 1.36. The van der Waals surface area contributed by atoms with Crippen LogP contribution in [-0.2, 0) is 6.42 Å². The molecule has 0 aliphatic heterocycles. The minimum atomic E-state index is 0.677. The second-order valence-electron chi connectivity index (χ2n) is 4.54. The summed E-state index contributed by atoms with van der Waals surface area (Å²) >= 11 is 1.85. The average molecular weight is 210 g/mol. The van der Waals surface area contributed by atoms with Crippen LogP contribution in [0.4, 0.5) is 5.13 Å².